The molecule has 2 aromatic rings. The van der Waals surface area contributed by atoms with Gasteiger partial charge in [0, 0.05) is 12.5 Å². The molecule has 0 spiro atoms. The number of aryl methyl sites for hydroxylation is 1. The molecule has 0 bridgehead atoms. The number of hydrogen-bond donors (Lipinski definition) is 1. The Morgan fingerprint density at radius 2 is 1.94 bits per heavy atom. The first-order valence-corrected chi connectivity index (χ1v) is 6.58. The third-order valence-corrected chi connectivity index (χ3v) is 3.25. The summed E-state index contributed by atoms with van der Waals surface area (Å²) < 4.78 is 5.15. The van der Waals surface area contributed by atoms with Gasteiger partial charge in [0.1, 0.15) is 0 Å². The van der Waals surface area contributed by atoms with E-state index in [0.717, 1.165) is 19.5 Å². The Morgan fingerprint density at radius 1 is 1.17 bits per heavy atom. The molecule has 1 heterocycles. The summed E-state index contributed by atoms with van der Waals surface area (Å²) in [7, 11) is 0. The SMILES string of the molecule is CCNCC(Cc1ccoc1)c1ccc(C)cc1. The van der Waals surface area contributed by atoms with Gasteiger partial charge in [-0.05, 0) is 37.1 Å². The first-order valence-electron chi connectivity index (χ1n) is 6.58. The van der Waals surface area contributed by atoms with Crippen molar-refractivity contribution < 1.29 is 4.42 Å². The number of hydrogen-bond acceptors (Lipinski definition) is 2. The zero-order valence-corrected chi connectivity index (χ0v) is 11.1. The lowest BCUT2D eigenvalue weighted by molar-refractivity contribution is 0.555. The molecule has 0 saturated carbocycles. The van der Waals surface area contributed by atoms with Crippen LogP contribution in [-0.4, -0.2) is 13.1 Å². The molecule has 2 heteroatoms. The lowest BCUT2D eigenvalue weighted by Gasteiger charge is -2.17. The van der Waals surface area contributed by atoms with E-state index in [1.165, 1.54) is 16.7 Å². The second kappa shape index (κ2) is 6.41. The summed E-state index contributed by atoms with van der Waals surface area (Å²) in [6.07, 6.45) is 4.61. The van der Waals surface area contributed by atoms with Crippen molar-refractivity contribution in [1.82, 2.24) is 5.32 Å². The van der Waals surface area contributed by atoms with Gasteiger partial charge in [-0.2, -0.15) is 0 Å². The lowest BCUT2D eigenvalue weighted by Crippen LogP contribution is -2.22. The lowest BCUT2D eigenvalue weighted by atomic mass is 9.92. The van der Waals surface area contributed by atoms with Crippen LogP contribution in [0.15, 0.2) is 47.3 Å². The molecule has 0 amide bonds. The van der Waals surface area contributed by atoms with E-state index in [-0.39, 0.29) is 0 Å². The van der Waals surface area contributed by atoms with Gasteiger partial charge in [-0.25, -0.2) is 0 Å². The summed E-state index contributed by atoms with van der Waals surface area (Å²) in [5.74, 6) is 0.503. The fraction of sp³-hybridized carbons (Fsp3) is 0.375. The standard InChI is InChI=1S/C16H21NO/c1-3-17-11-16(10-14-8-9-18-12-14)15-6-4-13(2)5-7-15/h4-9,12,16-17H,3,10-11H2,1-2H3. The molecule has 2 nitrogen and oxygen atoms in total. The molecular weight excluding hydrogens is 222 g/mol. The van der Waals surface area contributed by atoms with Gasteiger partial charge in [-0.15, -0.1) is 0 Å². The van der Waals surface area contributed by atoms with Gasteiger partial charge in [-0.3, -0.25) is 0 Å². The van der Waals surface area contributed by atoms with Gasteiger partial charge < -0.3 is 9.73 Å². The van der Waals surface area contributed by atoms with Crippen LogP contribution < -0.4 is 5.32 Å². The summed E-state index contributed by atoms with van der Waals surface area (Å²) >= 11 is 0. The van der Waals surface area contributed by atoms with Crippen LogP contribution in [0, 0.1) is 6.92 Å². The van der Waals surface area contributed by atoms with Crippen molar-refractivity contribution in [2.45, 2.75) is 26.2 Å². The third kappa shape index (κ3) is 3.47. The van der Waals surface area contributed by atoms with E-state index >= 15 is 0 Å². The summed E-state index contributed by atoms with van der Waals surface area (Å²) in [6.45, 7) is 6.28. The van der Waals surface area contributed by atoms with Crippen LogP contribution in [0.1, 0.15) is 29.5 Å². The Kier molecular flexibility index (Phi) is 4.59. The molecule has 1 aromatic heterocycles. The average molecular weight is 243 g/mol. The minimum absolute atomic E-state index is 0.503. The average Bonchev–Trinajstić information content (AvgIpc) is 2.88. The van der Waals surface area contributed by atoms with Gasteiger partial charge >= 0.3 is 0 Å². The highest BCUT2D eigenvalue weighted by Gasteiger charge is 2.12. The van der Waals surface area contributed by atoms with Crippen LogP contribution in [-0.2, 0) is 6.42 Å². The molecule has 2 rings (SSSR count). The first-order chi connectivity index (χ1) is 8.79. The molecule has 0 radical (unpaired) electrons. The highest BCUT2D eigenvalue weighted by Crippen LogP contribution is 2.21. The van der Waals surface area contributed by atoms with Crippen LogP contribution in [0.25, 0.3) is 0 Å². The molecule has 1 unspecified atom stereocenters. The second-order valence-electron chi connectivity index (χ2n) is 4.75. The Balaban J connectivity index is 2.11. The molecule has 18 heavy (non-hydrogen) atoms. The molecule has 1 N–H and O–H groups in total. The van der Waals surface area contributed by atoms with Gasteiger partial charge in [0.15, 0.2) is 0 Å². The molecule has 0 fully saturated rings. The van der Waals surface area contributed by atoms with Crippen molar-refractivity contribution in [3.05, 3.63) is 59.5 Å². The van der Waals surface area contributed by atoms with Crippen molar-refractivity contribution >= 4 is 0 Å². The van der Waals surface area contributed by atoms with E-state index in [0.29, 0.717) is 5.92 Å². The number of likely N-dealkylation sites (N-methyl/N-ethyl adjacent to an activating group) is 1. The van der Waals surface area contributed by atoms with Gasteiger partial charge in [0.2, 0.25) is 0 Å². The summed E-state index contributed by atoms with van der Waals surface area (Å²) in [5, 5.41) is 3.44. The topological polar surface area (TPSA) is 25.2 Å². The predicted octanol–water partition coefficient (Wildman–Crippen LogP) is 3.52. The summed E-state index contributed by atoms with van der Waals surface area (Å²) in [4.78, 5) is 0. The highest BCUT2D eigenvalue weighted by molar-refractivity contribution is 5.26. The molecule has 0 aliphatic heterocycles. The smallest absolute Gasteiger partial charge is 0.0934 e. The predicted molar refractivity (Wildman–Crippen MR) is 74.9 cm³/mol. The fourth-order valence-corrected chi connectivity index (χ4v) is 2.16. The van der Waals surface area contributed by atoms with Crippen LogP contribution in [0.2, 0.25) is 0 Å². The van der Waals surface area contributed by atoms with E-state index in [4.69, 9.17) is 4.42 Å². The Hall–Kier alpha value is -1.54. The van der Waals surface area contributed by atoms with Crippen molar-refractivity contribution in [3.63, 3.8) is 0 Å². The van der Waals surface area contributed by atoms with Crippen LogP contribution in [0.4, 0.5) is 0 Å². The Labute approximate surface area is 109 Å². The minimum Gasteiger partial charge on any atom is -0.472 e. The Morgan fingerprint density at radius 3 is 2.56 bits per heavy atom. The molecule has 0 saturated heterocycles. The zero-order valence-electron chi connectivity index (χ0n) is 11.1. The normalized spacial score (nSPS) is 12.6. The van der Waals surface area contributed by atoms with Crippen molar-refractivity contribution in [3.8, 4) is 0 Å². The molecule has 96 valence electrons. The van der Waals surface area contributed by atoms with Crippen LogP contribution >= 0.6 is 0 Å². The van der Waals surface area contributed by atoms with Crippen molar-refractivity contribution in [2.75, 3.05) is 13.1 Å². The fourth-order valence-electron chi connectivity index (χ4n) is 2.16. The highest BCUT2D eigenvalue weighted by atomic mass is 16.3. The zero-order chi connectivity index (χ0) is 12.8. The van der Waals surface area contributed by atoms with Gasteiger partial charge in [0.05, 0.1) is 12.5 Å². The number of benzene rings is 1. The number of nitrogens with one attached hydrogen (secondary N) is 1. The first kappa shape index (κ1) is 12.9. The number of furan rings is 1. The molecular formula is C16H21NO. The molecule has 0 aliphatic carbocycles. The van der Waals surface area contributed by atoms with E-state index in [2.05, 4.69) is 43.4 Å². The monoisotopic (exact) mass is 243 g/mol. The maximum atomic E-state index is 5.15. The molecule has 1 atom stereocenters. The van der Waals surface area contributed by atoms with Gasteiger partial charge in [0.25, 0.3) is 0 Å². The second-order valence-corrected chi connectivity index (χ2v) is 4.75. The Bertz CT molecular complexity index is 444. The van der Waals surface area contributed by atoms with Crippen LogP contribution in [0.3, 0.4) is 0 Å². The van der Waals surface area contributed by atoms with Crippen molar-refractivity contribution in [2.24, 2.45) is 0 Å². The van der Waals surface area contributed by atoms with Gasteiger partial charge in [-0.1, -0.05) is 36.8 Å². The summed E-state index contributed by atoms with van der Waals surface area (Å²) in [5.41, 5.74) is 3.96. The molecule has 1 aromatic carbocycles. The largest absolute Gasteiger partial charge is 0.472 e. The number of rotatable bonds is 6. The van der Waals surface area contributed by atoms with E-state index < -0.39 is 0 Å². The van der Waals surface area contributed by atoms with Crippen LogP contribution in [0.5, 0.6) is 0 Å². The van der Waals surface area contributed by atoms with E-state index in [1.54, 1.807) is 6.26 Å². The third-order valence-electron chi connectivity index (χ3n) is 3.25. The maximum absolute atomic E-state index is 5.15. The minimum atomic E-state index is 0.503. The quantitative estimate of drug-likeness (QED) is 0.839. The van der Waals surface area contributed by atoms with Crippen molar-refractivity contribution in [1.29, 1.82) is 0 Å². The van der Waals surface area contributed by atoms with E-state index in [9.17, 15) is 0 Å². The summed E-state index contributed by atoms with van der Waals surface area (Å²) in [6, 6.07) is 10.9. The molecule has 0 aliphatic rings. The maximum Gasteiger partial charge on any atom is 0.0934 e. The van der Waals surface area contributed by atoms with E-state index in [1.807, 2.05) is 12.3 Å².